The molecule has 0 aliphatic carbocycles. The summed E-state index contributed by atoms with van der Waals surface area (Å²) in [5, 5.41) is 8.10. The number of imidazole rings is 1. The number of carbonyl (C=O) groups excluding carboxylic acids is 1. The first kappa shape index (κ1) is 24.4. The third-order valence-corrected chi connectivity index (χ3v) is 6.02. The Morgan fingerprint density at radius 1 is 1.33 bits per heavy atom. The van der Waals surface area contributed by atoms with Crippen molar-refractivity contribution in [3.8, 4) is 17.3 Å². The molecule has 0 bridgehead atoms. The zero-order chi connectivity index (χ0) is 24.3. The molecule has 0 aliphatic heterocycles. The molecule has 3 heterocycles. The van der Waals surface area contributed by atoms with Crippen molar-refractivity contribution in [2.24, 2.45) is 7.05 Å². The van der Waals surface area contributed by atoms with E-state index in [1.54, 1.807) is 25.3 Å². The SMILES string of the molecule is CC[S+]([O-])c1ccc(-n2ccnn2)nc1-c1nc(/C=C(\N(C)OC)C(F)(F)F)c(C=O)n1C. The van der Waals surface area contributed by atoms with Gasteiger partial charge in [-0.05, 0) is 36.3 Å². The van der Waals surface area contributed by atoms with Crippen LogP contribution in [0.4, 0.5) is 13.2 Å². The Balaban J connectivity index is 2.26. The van der Waals surface area contributed by atoms with Crippen molar-refractivity contribution in [2.75, 3.05) is 19.9 Å². The molecule has 0 amide bonds. The number of aldehydes is 1. The highest BCUT2D eigenvalue weighted by Crippen LogP contribution is 2.32. The highest BCUT2D eigenvalue weighted by atomic mass is 32.2. The van der Waals surface area contributed by atoms with Crippen LogP contribution in [-0.4, -0.2) is 71.5 Å². The second-order valence-corrected chi connectivity index (χ2v) is 8.30. The van der Waals surface area contributed by atoms with Crippen molar-refractivity contribution in [1.82, 2.24) is 34.6 Å². The number of carbonyl (C=O) groups is 1. The molecule has 0 radical (unpaired) electrons. The highest BCUT2D eigenvalue weighted by Gasteiger charge is 2.38. The van der Waals surface area contributed by atoms with Crippen LogP contribution in [0.1, 0.15) is 23.1 Å². The predicted molar refractivity (Wildman–Crippen MR) is 112 cm³/mol. The molecule has 0 saturated heterocycles. The normalized spacial score (nSPS) is 13.3. The van der Waals surface area contributed by atoms with E-state index in [2.05, 4.69) is 25.1 Å². The minimum absolute atomic E-state index is 0.0590. The molecule has 0 aromatic carbocycles. The lowest BCUT2D eigenvalue weighted by atomic mass is 10.2. The summed E-state index contributed by atoms with van der Waals surface area (Å²) in [5.41, 5.74) is -1.40. The number of hydrogen-bond acceptors (Lipinski definition) is 8. The van der Waals surface area contributed by atoms with Gasteiger partial charge in [0.25, 0.3) is 0 Å². The number of hydrogen-bond donors (Lipinski definition) is 0. The van der Waals surface area contributed by atoms with Crippen molar-refractivity contribution < 1.29 is 27.4 Å². The number of allylic oxidation sites excluding steroid dienone is 1. The maximum absolute atomic E-state index is 13.6. The monoisotopic (exact) mass is 483 g/mol. The topological polar surface area (TPSA) is 114 Å². The lowest BCUT2D eigenvalue weighted by molar-refractivity contribution is -0.168. The summed E-state index contributed by atoms with van der Waals surface area (Å²) in [5.74, 6) is 0.650. The number of hydroxylamine groups is 2. The van der Waals surface area contributed by atoms with Gasteiger partial charge in [-0.15, -0.1) is 5.10 Å². The molecule has 176 valence electrons. The van der Waals surface area contributed by atoms with Gasteiger partial charge in [0.05, 0.1) is 25.2 Å². The molecule has 0 saturated carbocycles. The molecule has 14 heteroatoms. The first-order valence-corrected chi connectivity index (χ1v) is 10.8. The molecule has 33 heavy (non-hydrogen) atoms. The summed E-state index contributed by atoms with van der Waals surface area (Å²) in [6.45, 7) is 1.71. The molecule has 10 nitrogen and oxygen atoms in total. The zero-order valence-corrected chi connectivity index (χ0v) is 18.9. The van der Waals surface area contributed by atoms with Crippen molar-refractivity contribution in [3.63, 3.8) is 0 Å². The van der Waals surface area contributed by atoms with E-state index in [0.29, 0.717) is 28.1 Å². The molecule has 3 rings (SSSR count). The van der Waals surface area contributed by atoms with Crippen LogP contribution in [-0.2, 0) is 23.1 Å². The second kappa shape index (κ2) is 9.72. The van der Waals surface area contributed by atoms with E-state index in [1.165, 1.54) is 22.5 Å². The first-order valence-electron chi connectivity index (χ1n) is 9.47. The third-order valence-electron chi connectivity index (χ3n) is 4.68. The molecule has 1 atom stereocenters. The van der Waals surface area contributed by atoms with Gasteiger partial charge in [0, 0.05) is 14.1 Å². The molecule has 0 aliphatic rings. The Hall–Kier alpha value is -3.23. The van der Waals surface area contributed by atoms with Crippen molar-refractivity contribution >= 4 is 23.5 Å². The lowest BCUT2D eigenvalue weighted by Gasteiger charge is -2.21. The number of nitrogens with zero attached hydrogens (tertiary/aromatic N) is 7. The van der Waals surface area contributed by atoms with E-state index in [9.17, 15) is 22.5 Å². The third kappa shape index (κ3) is 4.91. The van der Waals surface area contributed by atoms with E-state index >= 15 is 0 Å². The molecular formula is C19H20F3N7O3S. The van der Waals surface area contributed by atoms with Gasteiger partial charge in [0.2, 0.25) is 0 Å². The van der Waals surface area contributed by atoms with Crippen LogP contribution < -0.4 is 0 Å². The largest absolute Gasteiger partial charge is 0.611 e. The molecule has 0 spiro atoms. The Morgan fingerprint density at radius 3 is 2.61 bits per heavy atom. The summed E-state index contributed by atoms with van der Waals surface area (Å²) in [6.07, 6.45) is -0.696. The summed E-state index contributed by atoms with van der Waals surface area (Å²) < 4.78 is 56.0. The van der Waals surface area contributed by atoms with Crippen LogP contribution in [0.5, 0.6) is 0 Å². The minimum Gasteiger partial charge on any atom is -0.611 e. The first-order chi connectivity index (χ1) is 15.6. The Kier molecular flexibility index (Phi) is 7.19. The molecule has 3 aromatic heterocycles. The van der Waals surface area contributed by atoms with Gasteiger partial charge < -0.3 is 9.12 Å². The Bertz CT molecular complexity index is 1160. The fourth-order valence-corrected chi connectivity index (χ4v) is 3.85. The molecule has 1 unspecified atom stereocenters. The number of halogens is 3. The fraction of sp³-hybridized carbons (Fsp3) is 0.316. The quantitative estimate of drug-likeness (QED) is 0.273. The smallest absolute Gasteiger partial charge is 0.433 e. The standard InChI is InChI=1S/C19H20F3N7O3S/c1-5-33(31)14-6-7-16(29-9-8-23-26-29)25-17(14)18-24-12(13(11-30)27(18)2)10-15(19(20,21)22)28(3)32-4/h6-11H,5H2,1-4H3/b15-10-. The van der Waals surface area contributed by atoms with Gasteiger partial charge in [-0.25, -0.2) is 14.6 Å². The fourth-order valence-electron chi connectivity index (χ4n) is 2.96. The van der Waals surface area contributed by atoms with Crippen LogP contribution in [0.3, 0.4) is 0 Å². The maximum Gasteiger partial charge on any atom is 0.433 e. The van der Waals surface area contributed by atoms with E-state index in [0.717, 1.165) is 14.2 Å². The van der Waals surface area contributed by atoms with Gasteiger partial charge in [-0.1, -0.05) is 5.21 Å². The lowest BCUT2D eigenvalue weighted by Crippen LogP contribution is -2.27. The van der Waals surface area contributed by atoms with E-state index in [1.807, 2.05) is 0 Å². The van der Waals surface area contributed by atoms with Gasteiger partial charge in [-0.3, -0.25) is 14.7 Å². The van der Waals surface area contributed by atoms with Crippen LogP contribution in [0, 0.1) is 0 Å². The van der Waals surface area contributed by atoms with E-state index in [-0.39, 0.29) is 28.7 Å². The number of alkyl halides is 3. The molecular weight excluding hydrogens is 463 g/mol. The van der Waals surface area contributed by atoms with Crippen molar-refractivity contribution in [3.05, 3.63) is 41.6 Å². The number of aromatic nitrogens is 6. The Labute approximate surface area is 189 Å². The maximum atomic E-state index is 13.6. The van der Waals surface area contributed by atoms with Gasteiger partial charge >= 0.3 is 6.18 Å². The Morgan fingerprint density at radius 2 is 2.06 bits per heavy atom. The van der Waals surface area contributed by atoms with Crippen molar-refractivity contribution in [1.29, 1.82) is 0 Å². The summed E-state index contributed by atoms with van der Waals surface area (Å²) in [7, 11) is 3.62. The van der Waals surface area contributed by atoms with E-state index < -0.39 is 23.0 Å². The van der Waals surface area contributed by atoms with Gasteiger partial charge in [-0.2, -0.15) is 13.2 Å². The minimum atomic E-state index is -4.78. The van der Waals surface area contributed by atoms with Gasteiger partial charge in [0.1, 0.15) is 17.1 Å². The van der Waals surface area contributed by atoms with Crippen LogP contribution in [0.2, 0.25) is 0 Å². The number of rotatable bonds is 8. The summed E-state index contributed by atoms with van der Waals surface area (Å²) >= 11 is -1.47. The average molecular weight is 483 g/mol. The summed E-state index contributed by atoms with van der Waals surface area (Å²) in [6, 6.07) is 3.16. The predicted octanol–water partition coefficient (Wildman–Crippen LogP) is 2.40. The zero-order valence-electron chi connectivity index (χ0n) is 18.1. The van der Waals surface area contributed by atoms with Crippen LogP contribution in [0.15, 0.2) is 35.1 Å². The van der Waals surface area contributed by atoms with E-state index in [4.69, 9.17) is 0 Å². The molecule has 0 fully saturated rings. The highest BCUT2D eigenvalue weighted by molar-refractivity contribution is 7.91. The van der Waals surface area contributed by atoms with Crippen molar-refractivity contribution in [2.45, 2.75) is 18.0 Å². The molecule has 3 aromatic rings. The number of pyridine rings is 1. The van der Waals surface area contributed by atoms with Crippen LogP contribution >= 0.6 is 0 Å². The average Bonchev–Trinajstić information content (AvgIpc) is 3.43. The van der Waals surface area contributed by atoms with Crippen LogP contribution in [0.25, 0.3) is 23.4 Å². The molecule has 0 N–H and O–H groups in total. The second-order valence-electron chi connectivity index (χ2n) is 6.59. The van der Waals surface area contributed by atoms with Gasteiger partial charge in [0.15, 0.2) is 28.5 Å². The summed E-state index contributed by atoms with van der Waals surface area (Å²) in [4.78, 5) is 25.5.